The molecule has 0 radical (unpaired) electrons. The highest BCUT2D eigenvalue weighted by molar-refractivity contribution is 7.89. The van der Waals surface area contributed by atoms with E-state index in [1.165, 1.54) is 16.4 Å². The number of halogens is 1. The van der Waals surface area contributed by atoms with E-state index in [-0.39, 0.29) is 10.3 Å². The molecule has 2 rings (SSSR count). The zero-order chi connectivity index (χ0) is 15.1. The average Bonchev–Trinajstić information content (AvgIpc) is 2.34. The molecule has 0 atom stereocenters. The minimum absolute atomic E-state index is 0.185. The lowest BCUT2D eigenvalue weighted by atomic mass is 9.83. The fraction of sp³-hybridized carbons (Fsp3) is 0.571. The summed E-state index contributed by atoms with van der Waals surface area (Å²) in [6, 6.07) is 2.98. The number of nitrogen functional groups attached to an aromatic ring is 1. The molecule has 0 bridgehead atoms. The summed E-state index contributed by atoms with van der Waals surface area (Å²) >= 11 is 6.05. The van der Waals surface area contributed by atoms with E-state index in [1.54, 1.807) is 6.92 Å². The Morgan fingerprint density at radius 2 is 1.80 bits per heavy atom. The maximum Gasteiger partial charge on any atom is 0.243 e. The molecule has 6 heteroatoms. The fourth-order valence-electron chi connectivity index (χ4n) is 2.30. The Labute approximate surface area is 126 Å². The van der Waals surface area contributed by atoms with Crippen molar-refractivity contribution in [2.75, 3.05) is 18.8 Å². The number of benzene rings is 1. The van der Waals surface area contributed by atoms with E-state index in [2.05, 4.69) is 13.8 Å². The van der Waals surface area contributed by atoms with E-state index in [9.17, 15) is 8.42 Å². The number of anilines is 1. The molecular formula is C14H21ClN2O2S. The second-order valence-corrected chi connectivity index (χ2v) is 8.53. The topological polar surface area (TPSA) is 63.4 Å². The normalized spacial score (nSPS) is 20.0. The van der Waals surface area contributed by atoms with Gasteiger partial charge in [0.1, 0.15) is 0 Å². The standard InChI is InChI=1S/C14H21ClN2O2S/c1-10-12(15)8-11(9-13(10)16)20(18,19)17-6-4-14(2,3)5-7-17/h8-9H,4-7,16H2,1-3H3. The maximum atomic E-state index is 12.6. The number of nitrogens with zero attached hydrogens (tertiary/aromatic N) is 1. The van der Waals surface area contributed by atoms with Crippen LogP contribution in [-0.2, 0) is 10.0 Å². The average molecular weight is 317 g/mol. The summed E-state index contributed by atoms with van der Waals surface area (Å²) in [7, 11) is -3.51. The summed E-state index contributed by atoms with van der Waals surface area (Å²) in [4.78, 5) is 0.185. The lowest BCUT2D eigenvalue weighted by Crippen LogP contribution is -2.41. The van der Waals surface area contributed by atoms with Crippen LogP contribution in [0.1, 0.15) is 32.3 Å². The summed E-state index contributed by atoms with van der Waals surface area (Å²) in [5.41, 5.74) is 7.15. The molecule has 1 fully saturated rings. The summed E-state index contributed by atoms with van der Waals surface area (Å²) < 4.78 is 26.8. The molecule has 0 unspecified atom stereocenters. The van der Waals surface area contributed by atoms with Crippen LogP contribution in [0.3, 0.4) is 0 Å². The SMILES string of the molecule is Cc1c(N)cc(S(=O)(=O)N2CCC(C)(C)CC2)cc1Cl. The van der Waals surface area contributed by atoms with Crippen molar-refractivity contribution in [3.8, 4) is 0 Å². The van der Waals surface area contributed by atoms with Gasteiger partial charge in [0.2, 0.25) is 10.0 Å². The number of nitrogens with two attached hydrogens (primary N) is 1. The van der Waals surface area contributed by atoms with Gasteiger partial charge in [-0.3, -0.25) is 0 Å². The summed E-state index contributed by atoms with van der Waals surface area (Å²) in [6.07, 6.45) is 1.72. The number of piperidine rings is 1. The minimum Gasteiger partial charge on any atom is -0.398 e. The van der Waals surface area contributed by atoms with Gasteiger partial charge in [-0.05, 0) is 42.9 Å². The number of sulfonamides is 1. The predicted octanol–water partition coefficient (Wildman–Crippen LogP) is 3.04. The van der Waals surface area contributed by atoms with Gasteiger partial charge < -0.3 is 5.73 Å². The van der Waals surface area contributed by atoms with Crippen molar-refractivity contribution in [3.63, 3.8) is 0 Å². The molecule has 0 spiro atoms. The first-order valence-corrected chi connectivity index (χ1v) is 8.51. The molecule has 1 aromatic rings. The second-order valence-electron chi connectivity index (χ2n) is 6.19. The number of hydrogen-bond donors (Lipinski definition) is 1. The van der Waals surface area contributed by atoms with Crippen molar-refractivity contribution in [2.24, 2.45) is 5.41 Å². The van der Waals surface area contributed by atoms with Crippen molar-refractivity contribution in [2.45, 2.75) is 38.5 Å². The predicted molar refractivity (Wildman–Crippen MR) is 82.4 cm³/mol. The highest BCUT2D eigenvalue weighted by Gasteiger charge is 2.33. The molecule has 112 valence electrons. The zero-order valence-electron chi connectivity index (χ0n) is 12.1. The molecule has 0 saturated carbocycles. The maximum absolute atomic E-state index is 12.6. The van der Waals surface area contributed by atoms with Gasteiger partial charge in [0.05, 0.1) is 4.90 Å². The van der Waals surface area contributed by atoms with E-state index >= 15 is 0 Å². The zero-order valence-corrected chi connectivity index (χ0v) is 13.7. The van der Waals surface area contributed by atoms with Crippen molar-refractivity contribution < 1.29 is 8.42 Å². The summed E-state index contributed by atoms with van der Waals surface area (Å²) in [5, 5.41) is 0.390. The van der Waals surface area contributed by atoms with E-state index in [1.807, 2.05) is 0 Å². The Bertz CT molecular complexity index is 593. The third-order valence-electron chi connectivity index (χ3n) is 4.07. The van der Waals surface area contributed by atoms with Gasteiger partial charge in [-0.25, -0.2) is 8.42 Å². The number of hydrogen-bond acceptors (Lipinski definition) is 3. The molecule has 1 saturated heterocycles. The second kappa shape index (κ2) is 5.20. The van der Waals surface area contributed by atoms with Crippen LogP contribution in [0.5, 0.6) is 0 Å². The van der Waals surface area contributed by atoms with Gasteiger partial charge >= 0.3 is 0 Å². The smallest absolute Gasteiger partial charge is 0.243 e. The van der Waals surface area contributed by atoms with Gasteiger partial charge in [-0.1, -0.05) is 25.4 Å². The van der Waals surface area contributed by atoms with Crippen molar-refractivity contribution in [1.29, 1.82) is 0 Å². The third-order valence-corrected chi connectivity index (χ3v) is 6.34. The van der Waals surface area contributed by atoms with Crippen LogP contribution in [-0.4, -0.2) is 25.8 Å². The van der Waals surface area contributed by atoms with Crippen molar-refractivity contribution in [3.05, 3.63) is 22.7 Å². The molecule has 20 heavy (non-hydrogen) atoms. The van der Waals surface area contributed by atoms with Gasteiger partial charge in [0.15, 0.2) is 0 Å². The largest absolute Gasteiger partial charge is 0.398 e. The molecule has 1 aromatic carbocycles. The van der Waals surface area contributed by atoms with Crippen LogP contribution >= 0.6 is 11.6 Å². The fourth-order valence-corrected chi connectivity index (χ4v) is 4.10. The van der Waals surface area contributed by atoms with E-state index < -0.39 is 10.0 Å². The van der Waals surface area contributed by atoms with E-state index in [4.69, 9.17) is 17.3 Å². The van der Waals surface area contributed by atoms with Crippen LogP contribution in [0.4, 0.5) is 5.69 Å². The Morgan fingerprint density at radius 3 is 2.30 bits per heavy atom. The molecule has 0 amide bonds. The van der Waals surface area contributed by atoms with Gasteiger partial charge in [-0.2, -0.15) is 4.31 Å². The summed E-state index contributed by atoms with van der Waals surface area (Å²) in [5.74, 6) is 0. The highest BCUT2D eigenvalue weighted by atomic mass is 35.5. The molecule has 1 heterocycles. The van der Waals surface area contributed by atoms with E-state index in [0.29, 0.717) is 29.4 Å². The Hall–Kier alpha value is -0.780. The molecule has 4 nitrogen and oxygen atoms in total. The van der Waals surface area contributed by atoms with E-state index in [0.717, 1.165) is 12.8 Å². The lowest BCUT2D eigenvalue weighted by molar-refractivity contribution is 0.196. The Kier molecular flexibility index (Phi) is 4.06. The molecular weight excluding hydrogens is 296 g/mol. The van der Waals surface area contributed by atoms with Crippen LogP contribution in [0.15, 0.2) is 17.0 Å². The van der Waals surface area contributed by atoms with Gasteiger partial charge in [0, 0.05) is 23.8 Å². The first-order chi connectivity index (χ1) is 9.13. The van der Waals surface area contributed by atoms with Crippen LogP contribution < -0.4 is 5.73 Å². The first-order valence-electron chi connectivity index (χ1n) is 6.69. The molecule has 0 aromatic heterocycles. The Morgan fingerprint density at radius 1 is 1.25 bits per heavy atom. The molecule has 0 aliphatic carbocycles. The van der Waals surface area contributed by atoms with Gasteiger partial charge in [0.25, 0.3) is 0 Å². The third kappa shape index (κ3) is 2.95. The van der Waals surface area contributed by atoms with Crippen LogP contribution in [0, 0.1) is 12.3 Å². The quantitative estimate of drug-likeness (QED) is 0.853. The van der Waals surface area contributed by atoms with Gasteiger partial charge in [-0.15, -0.1) is 0 Å². The first kappa shape index (κ1) is 15.6. The summed E-state index contributed by atoms with van der Waals surface area (Å²) in [6.45, 7) is 7.19. The highest BCUT2D eigenvalue weighted by Crippen LogP contribution is 2.34. The minimum atomic E-state index is -3.51. The molecule has 1 aliphatic heterocycles. The van der Waals surface area contributed by atoms with Crippen molar-refractivity contribution in [1.82, 2.24) is 4.31 Å². The monoisotopic (exact) mass is 316 g/mol. The lowest BCUT2D eigenvalue weighted by Gasteiger charge is -2.36. The van der Waals surface area contributed by atoms with Crippen LogP contribution in [0.2, 0.25) is 5.02 Å². The molecule has 2 N–H and O–H groups in total. The molecule has 1 aliphatic rings. The van der Waals surface area contributed by atoms with Crippen LogP contribution in [0.25, 0.3) is 0 Å². The van der Waals surface area contributed by atoms with Crippen molar-refractivity contribution >= 4 is 27.3 Å². The Balaban J connectivity index is 2.32. The number of rotatable bonds is 2.